The van der Waals surface area contributed by atoms with Crippen LogP contribution < -0.4 is 21.9 Å². The number of alkyl halides is 4. The summed E-state index contributed by atoms with van der Waals surface area (Å²) < 4.78 is 45.0. The second kappa shape index (κ2) is 76.0. The van der Waals surface area contributed by atoms with Gasteiger partial charge in [0, 0.05) is 128 Å². The van der Waals surface area contributed by atoms with E-state index >= 15 is 0 Å². The lowest BCUT2D eigenvalue weighted by Gasteiger charge is -2.34. The van der Waals surface area contributed by atoms with Crippen LogP contribution in [0.15, 0.2) is 0 Å². The molecular formula is C68H132Cl4N8O16. The van der Waals surface area contributed by atoms with Gasteiger partial charge in [-0.15, -0.1) is 46.4 Å². The van der Waals surface area contributed by atoms with Crippen molar-refractivity contribution in [2.45, 2.75) is 180 Å². The number of hydroxylamine groups is 4. The summed E-state index contributed by atoms with van der Waals surface area (Å²) in [4.78, 5) is 82.2. The molecule has 1 aliphatic heterocycles. The summed E-state index contributed by atoms with van der Waals surface area (Å²) in [5.41, 5.74) is 11.0. The third kappa shape index (κ3) is 68.2. The van der Waals surface area contributed by atoms with Crippen LogP contribution >= 0.6 is 46.4 Å². The Hall–Kier alpha value is -1.60. The zero-order chi connectivity index (χ0) is 69.2. The normalized spacial score (nSPS) is 14.0. The molecule has 0 aromatic carbocycles. The van der Waals surface area contributed by atoms with Crippen molar-refractivity contribution in [1.82, 2.24) is 41.5 Å². The summed E-state index contributed by atoms with van der Waals surface area (Å²) in [5, 5.41) is 0. The molecule has 1 heterocycles. The van der Waals surface area contributed by atoms with Gasteiger partial charge in [0.25, 0.3) is 0 Å². The van der Waals surface area contributed by atoms with E-state index in [1.807, 2.05) is 0 Å². The van der Waals surface area contributed by atoms with Crippen molar-refractivity contribution in [2.75, 3.05) is 234 Å². The minimum atomic E-state index is -0.299. The van der Waals surface area contributed by atoms with Gasteiger partial charge in [0.15, 0.2) is 0 Å². The molecule has 0 bridgehead atoms. The van der Waals surface area contributed by atoms with Crippen LogP contribution in [0, 0.1) is 0 Å². The van der Waals surface area contributed by atoms with Gasteiger partial charge in [0.2, 0.25) is 0 Å². The van der Waals surface area contributed by atoms with Gasteiger partial charge < -0.3 is 76.8 Å². The number of nitrogens with one attached hydrogen (secondary N) is 4. The van der Waals surface area contributed by atoms with Crippen LogP contribution in [0.5, 0.6) is 0 Å². The molecule has 1 saturated heterocycles. The standard InChI is InChI=1S/C68H132Cl4N8O16/c69-29-13-1-5-21-49-85-57-61-89-53-33-73-93-65(81)25-9-17-37-77-41-43-78(38-18-10-26-66(82)94-74-34-54-90-62-58-86-50-22-6-2-14-30-70)45-47-80(40-20-12-28-68(84)96-76-36-56-92-64-60-88-52-24-8-4-16-32-72)48-46-79(44-42-77)39-19-11-27-67(83)95-75-35-55-91-63-59-87-51-23-7-3-15-31-71/h73-76H,1-64H2. The lowest BCUT2D eigenvalue weighted by Crippen LogP contribution is -2.46. The number of halogens is 4. The molecule has 28 heteroatoms. The minimum Gasteiger partial charge on any atom is -0.379 e. The zero-order valence-electron chi connectivity index (χ0n) is 59.1. The number of carbonyl (C=O) groups excluding carboxylic acids is 4. The van der Waals surface area contributed by atoms with Gasteiger partial charge in [0.1, 0.15) is 0 Å². The molecule has 0 saturated carbocycles. The van der Waals surface area contributed by atoms with Crippen molar-refractivity contribution in [3.8, 4) is 0 Å². The molecule has 0 radical (unpaired) electrons. The zero-order valence-corrected chi connectivity index (χ0v) is 62.1. The molecular weight excluding hydrogens is 1330 g/mol. The first kappa shape index (κ1) is 92.4. The fraction of sp³-hybridized carbons (Fsp3) is 0.941. The second-order valence-electron chi connectivity index (χ2n) is 24.0. The molecule has 4 N–H and O–H groups in total. The van der Waals surface area contributed by atoms with Crippen molar-refractivity contribution in [1.29, 1.82) is 0 Å². The van der Waals surface area contributed by atoms with Gasteiger partial charge in [0.05, 0.1) is 105 Å². The molecule has 0 amide bonds. The summed E-state index contributed by atoms with van der Waals surface area (Å²) >= 11 is 23.0. The molecule has 0 atom stereocenters. The highest BCUT2D eigenvalue weighted by Crippen LogP contribution is 2.11. The highest BCUT2D eigenvalue weighted by atomic mass is 35.5. The Labute approximate surface area is 598 Å². The Morgan fingerprint density at radius 1 is 0.229 bits per heavy atom. The number of nitrogens with zero attached hydrogens (tertiary/aromatic N) is 4. The van der Waals surface area contributed by atoms with Gasteiger partial charge in [-0.25, -0.2) is 0 Å². The first-order valence-corrected chi connectivity index (χ1v) is 38.9. The Balaban J connectivity index is 2.86. The van der Waals surface area contributed by atoms with E-state index in [9.17, 15) is 19.2 Å². The number of hydrogen-bond donors (Lipinski definition) is 4. The lowest BCUT2D eigenvalue weighted by atomic mass is 10.2. The predicted octanol–water partition coefficient (Wildman–Crippen LogP) is 9.41. The van der Waals surface area contributed by atoms with E-state index in [4.69, 9.17) is 104 Å². The maximum Gasteiger partial charge on any atom is 0.324 e. The molecule has 0 spiro atoms. The summed E-state index contributed by atoms with van der Waals surface area (Å²) in [6.45, 7) is 19.9. The Bertz CT molecular complexity index is 1450. The largest absolute Gasteiger partial charge is 0.379 e. The smallest absolute Gasteiger partial charge is 0.324 e. The van der Waals surface area contributed by atoms with E-state index in [-0.39, 0.29) is 23.9 Å². The Kier molecular flexibility index (Phi) is 73.2. The third-order valence-electron chi connectivity index (χ3n) is 15.7. The van der Waals surface area contributed by atoms with E-state index in [0.29, 0.717) is 207 Å². The maximum absolute atomic E-state index is 12.7. The number of carbonyl (C=O) groups is 4. The van der Waals surface area contributed by atoms with Gasteiger partial charge in [-0.2, -0.15) is 21.9 Å². The van der Waals surface area contributed by atoms with Crippen LogP contribution in [0.1, 0.15) is 180 Å². The third-order valence-corrected chi connectivity index (χ3v) is 16.7. The highest BCUT2D eigenvalue weighted by Gasteiger charge is 2.19. The van der Waals surface area contributed by atoms with Gasteiger partial charge in [-0.05, 0) is 129 Å². The molecule has 0 aromatic rings. The number of hydrogen-bond acceptors (Lipinski definition) is 24. The van der Waals surface area contributed by atoms with Gasteiger partial charge >= 0.3 is 23.9 Å². The lowest BCUT2D eigenvalue weighted by molar-refractivity contribution is -0.152. The molecule has 0 unspecified atom stereocenters. The van der Waals surface area contributed by atoms with E-state index in [1.165, 1.54) is 0 Å². The monoisotopic (exact) mass is 1460 g/mol. The quantitative estimate of drug-likeness (QED) is 0.0192. The molecule has 1 aliphatic rings. The van der Waals surface area contributed by atoms with E-state index in [2.05, 4.69) is 41.5 Å². The molecule has 568 valence electrons. The van der Waals surface area contributed by atoms with Crippen LogP contribution in [-0.4, -0.2) is 277 Å². The minimum absolute atomic E-state index is 0.297. The predicted molar refractivity (Wildman–Crippen MR) is 381 cm³/mol. The fourth-order valence-electron chi connectivity index (χ4n) is 9.97. The Morgan fingerprint density at radius 3 is 0.615 bits per heavy atom. The highest BCUT2D eigenvalue weighted by molar-refractivity contribution is 6.18. The topological polar surface area (TPSA) is 240 Å². The van der Waals surface area contributed by atoms with Gasteiger partial charge in [-0.1, -0.05) is 51.4 Å². The van der Waals surface area contributed by atoms with Crippen LogP contribution in [0.2, 0.25) is 0 Å². The van der Waals surface area contributed by atoms with E-state index in [0.717, 1.165) is 207 Å². The molecule has 0 aromatic heterocycles. The second-order valence-corrected chi connectivity index (χ2v) is 25.5. The molecule has 24 nitrogen and oxygen atoms in total. The molecule has 1 rings (SSSR count). The molecule has 0 aliphatic carbocycles. The van der Waals surface area contributed by atoms with Crippen LogP contribution in [0.3, 0.4) is 0 Å². The molecule has 96 heavy (non-hydrogen) atoms. The maximum atomic E-state index is 12.7. The van der Waals surface area contributed by atoms with Crippen molar-refractivity contribution >= 4 is 70.3 Å². The number of unbranched alkanes of at least 4 members (excludes halogenated alkanes) is 16. The number of rotatable bonds is 72. The van der Waals surface area contributed by atoms with Crippen molar-refractivity contribution in [3.63, 3.8) is 0 Å². The van der Waals surface area contributed by atoms with Crippen LogP contribution in [0.4, 0.5) is 0 Å². The average molecular weight is 1460 g/mol. The SMILES string of the molecule is O=C(CCCCN1CCN(CCCCC(=O)ONCCOCCOCCCCCCCl)CCN(CCCCC(=O)ONCCOCCOCCCCCCCl)CCN(CCCCC(=O)ONCCOCCOCCCCCCCl)CC1)ONCCOCCOCCCCCCCl. The first-order valence-electron chi connectivity index (χ1n) is 36.8. The summed E-state index contributed by atoms with van der Waals surface area (Å²) in [5.74, 6) is 1.61. The summed E-state index contributed by atoms with van der Waals surface area (Å²) in [6.07, 6.45) is 24.4. The van der Waals surface area contributed by atoms with Crippen molar-refractivity contribution in [2.24, 2.45) is 0 Å². The fourth-order valence-corrected chi connectivity index (χ4v) is 10.7. The van der Waals surface area contributed by atoms with Crippen molar-refractivity contribution < 1.29 is 76.4 Å². The van der Waals surface area contributed by atoms with Crippen LogP contribution in [-0.2, 0) is 76.4 Å². The van der Waals surface area contributed by atoms with Crippen LogP contribution in [0.25, 0.3) is 0 Å². The molecule has 1 fully saturated rings. The number of ether oxygens (including phenoxy) is 8. The van der Waals surface area contributed by atoms with Gasteiger partial charge in [-0.3, -0.25) is 19.2 Å². The van der Waals surface area contributed by atoms with Crippen molar-refractivity contribution in [3.05, 3.63) is 0 Å². The summed E-state index contributed by atoms with van der Waals surface area (Å²) in [6, 6.07) is 0. The Morgan fingerprint density at radius 2 is 0.417 bits per heavy atom. The summed E-state index contributed by atoms with van der Waals surface area (Å²) in [7, 11) is 0. The average Bonchev–Trinajstić information content (AvgIpc) is 2.20. The first-order chi connectivity index (χ1) is 47.3. The van der Waals surface area contributed by atoms with E-state index < -0.39 is 0 Å². The van der Waals surface area contributed by atoms with E-state index in [1.54, 1.807) is 0 Å².